The summed E-state index contributed by atoms with van der Waals surface area (Å²) in [7, 11) is 1.60. The molecule has 2 N–H and O–H groups in total. The molecule has 0 saturated heterocycles. The van der Waals surface area contributed by atoms with Crippen molar-refractivity contribution in [3.8, 4) is 11.3 Å². The summed E-state index contributed by atoms with van der Waals surface area (Å²) in [6, 6.07) is 5.71. The van der Waals surface area contributed by atoms with Crippen LogP contribution in [0.3, 0.4) is 0 Å². The Bertz CT molecular complexity index is 543. The van der Waals surface area contributed by atoms with Crippen molar-refractivity contribution < 1.29 is 9.53 Å². The van der Waals surface area contributed by atoms with E-state index in [1.807, 2.05) is 23.6 Å². The number of aromatic nitrogens is 1. The lowest BCUT2D eigenvalue weighted by Gasteiger charge is -2.08. The van der Waals surface area contributed by atoms with E-state index in [0.29, 0.717) is 19.7 Å². The van der Waals surface area contributed by atoms with E-state index in [1.165, 1.54) is 0 Å². The third kappa shape index (κ3) is 4.32. The van der Waals surface area contributed by atoms with Crippen LogP contribution in [-0.2, 0) is 11.3 Å². The van der Waals surface area contributed by atoms with Gasteiger partial charge in [-0.15, -0.1) is 0 Å². The topological polar surface area (TPSA) is 63.2 Å². The number of ether oxygens (including phenoxy) is 1. The molecule has 0 spiro atoms. The highest BCUT2D eigenvalue weighted by molar-refractivity contribution is 7.08. The number of urea groups is 1. The van der Waals surface area contributed by atoms with Crippen LogP contribution in [-0.4, -0.2) is 31.3 Å². The molecule has 20 heavy (non-hydrogen) atoms. The molecule has 0 aromatic carbocycles. The lowest BCUT2D eigenvalue weighted by atomic mass is 10.1. The van der Waals surface area contributed by atoms with E-state index in [1.54, 1.807) is 24.6 Å². The van der Waals surface area contributed by atoms with Crippen LogP contribution in [0.1, 0.15) is 5.56 Å². The molecule has 2 aromatic rings. The molecule has 2 aromatic heterocycles. The highest BCUT2D eigenvalue weighted by Crippen LogP contribution is 2.20. The van der Waals surface area contributed by atoms with E-state index in [0.717, 1.165) is 16.8 Å². The van der Waals surface area contributed by atoms with Crippen molar-refractivity contribution in [1.29, 1.82) is 0 Å². The fourth-order valence-corrected chi connectivity index (χ4v) is 2.31. The van der Waals surface area contributed by atoms with Gasteiger partial charge in [-0.25, -0.2) is 4.79 Å². The molecule has 0 bridgehead atoms. The van der Waals surface area contributed by atoms with Crippen LogP contribution >= 0.6 is 11.3 Å². The summed E-state index contributed by atoms with van der Waals surface area (Å²) in [5.41, 5.74) is 3.04. The zero-order chi connectivity index (χ0) is 14.2. The van der Waals surface area contributed by atoms with Gasteiger partial charge < -0.3 is 15.4 Å². The van der Waals surface area contributed by atoms with Crippen molar-refractivity contribution in [3.63, 3.8) is 0 Å². The van der Waals surface area contributed by atoms with Crippen LogP contribution in [0.15, 0.2) is 35.2 Å². The van der Waals surface area contributed by atoms with Gasteiger partial charge in [-0.2, -0.15) is 11.3 Å². The molecule has 6 heteroatoms. The van der Waals surface area contributed by atoms with Gasteiger partial charge in [-0.3, -0.25) is 4.98 Å². The molecular weight excluding hydrogens is 274 g/mol. The number of amides is 2. The highest BCUT2D eigenvalue weighted by Gasteiger charge is 2.03. The van der Waals surface area contributed by atoms with E-state index < -0.39 is 0 Å². The number of nitrogens with one attached hydrogen (secondary N) is 2. The molecule has 5 nitrogen and oxygen atoms in total. The molecule has 106 valence electrons. The van der Waals surface area contributed by atoms with Gasteiger partial charge in [0.2, 0.25) is 0 Å². The number of methoxy groups -OCH3 is 1. The predicted octanol–water partition coefficient (Wildman–Crippen LogP) is 2.26. The summed E-state index contributed by atoms with van der Waals surface area (Å²) in [5.74, 6) is 0. The monoisotopic (exact) mass is 291 g/mol. The molecule has 0 saturated carbocycles. The first-order chi connectivity index (χ1) is 9.79. The minimum Gasteiger partial charge on any atom is -0.383 e. The van der Waals surface area contributed by atoms with E-state index in [4.69, 9.17) is 4.74 Å². The van der Waals surface area contributed by atoms with Crippen LogP contribution < -0.4 is 10.6 Å². The molecule has 2 rings (SSSR count). The van der Waals surface area contributed by atoms with Gasteiger partial charge in [0.15, 0.2) is 0 Å². The zero-order valence-electron chi connectivity index (χ0n) is 11.3. The number of carbonyl (C=O) groups excluding carboxylic acids is 1. The second-order valence-corrected chi connectivity index (χ2v) is 4.94. The molecular formula is C14H17N3O2S. The minimum absolute atomic E-state index is 0.198. The van der Waals surface area contributed by atoms with Gasteiger partial charge in [0.05, 0.1) is 12.3 Å². The minimum atomic E-state index is -0.198. The van der Waals surface area contributed by atoms with Crippen LogP contribution in [0.2, 0.25) is 0 Å². The zero-order valence-corrected chi connectivity index (χ0v) is 12.1. The van der Waals surface area contributed by atoms with Crippen LogP contribution in [0, 0.1) is 0 Å². The maximum Gasteiger partial charge on any atom is 0.315 e. The Morgan fingerprint density at radius 3 is 3.05 bits per heavy atom. The first-order valence-corrected chi connectivity index (χ1v) is 7.22. The number of hydrogen-bond donors (Lipinski definition) is 2. The van der Waals surface area contributed by atoms with Gasteiger partial charge >= 0.3 is 6.03 Å². The van der Waals surface area contributed by atoms with E-state index >= 15 is 0 Å². The Morgan fingerprint density at radius 1 is 1.40 bits per heavy atom. The highest BCUT2D eigenvalue weighted by atomic mass is 32.1. The summed E-state index contributed by atoms with van der Waals surface area (Å²) < 4.78 is 4.86. The number of rotatable bonds is 6. The van der Waals surface area contributed by atoms with E-state index in [9.17, 15) is 4.79 Å². The Hall–Kier alpha value is -1.92. The standard InChI is InChI=1S/C14H17N3O2S/c1-19-6-5-16-14(18)17-9-11-2-4-15-13(8-11)12-3-7-20-10-12/h2-4,7-8,10H,5-6,9H2,1H3,(H2,16,17,18). The summed E-state index contributed by atoms with van der Waals surface area (Å²) in [4.78, 5) is 15.8. The average Bonchev–Trinajstić information content (AvgIpc) is 3.00. The van der Waals surface area contributed by atoms with Gasteiger partial charge in [-0.1, -0.05) is 0 Å². The fraction of sp³-hybridized carbons (Fsp3) is 0.286. The van der Waals surface area contributed by atoms with Crippen molar-refractivity contribution in [2.24, 2.45) is 0 Å². The lowest BCUT2D eigenvalue weighted by Crippen LogP contribution is -2.36. The summed E-state index contributed by atoms with van der Waals surface area (Å²) >= 11 is 1.64. The number of thiophene rings is 1. The quantitative estimate of drug-likeness (QED) is 0.802. The molecule has 0 unspecified atom stereocenters. The van der Waals surface area contributed by atoms with Crippen molar-refractivity contribution in [3.05, 3.63) is 40.7 Å². The molecule has 0 aliphatic rings. The van der Waals surface area contributed by atoms with Crippen molar-refractivity contribution in [2.75, 3.05) is 20.3 Å². The van der Waals surface area contributed by atoms with E-state index in [-0.39, 0.29) is 6.03 Å². The molecule has 0 atom stereocenters. The normalized spacial score (nSPS) is 10.2. The molecule has 0 aliphatic carbocycles. The van der Waals surface area contributed by atoms with Crippen LogP contribution in [0.25, 0.3) is 11.3 Å². The Morgan fingerprint density at radius 2 is 2.30 bits per heavy atom. The van der Waals surface area contributed by atoms with E-state index in [2.05, 4.69) is 21.0 Å². The number of nitrogens with zero attached hydrogens (tertiary/aromatic N) is 1. The second kappa shape index (κ2) is 7.62. The average molecular weight is 291 g/mol. The maximum absolute atomic E-state index is 11.5. The third-order valence-corrected chi connectivity index (χ3v) is 3.37. The number of carbonyl (C=O) groups is 1. The fourth-order valence-electron chi connectivity index (χ4n) is 1.66. The summed E-state index contributed by atoms with van der Waals surface area (Å²) in [6.07, 6.45) is 1.76. The molecule has 0 fully saturated rings. The summed E-state index contributed by atoms with van der Waals surface area (Å²) in [6.45, 7) is 1.47. The van der Waals surface area contributed by atoms with Crippen molar-refractivity contribution >= 4 is 17.4 Å². The van der Waals surface area contributed by atoms with Gasteiger partial charge in [0.1, 0.15) is 0 Å². The largest absolute Gasteiger partial charge is 0.383 e. The van der Waals surface area contributed by atoms with Gasteiger partial charge in [-0.05, 0) is 29.1 Å². The molecule has 2 amide bonds. The predicted molar refractivity (Wildman–Crippen MR) is 79.7 cm³/mol. The third-order valence-electron chi connectivity index (χ3n) is 2.69. The number of pyridine rings is 1. The maximum atomic E-state index is 11.5. The van der Waals surface area contributed by atoms with Crippen molar-refractivity contribution in [2.45, 2.75) is 6.54 Å². The Labute approximate surface area is 122 Å². The smallest absolute Gasteiger partial charge is 0.315 e. The van der Waals surface area contributed by atoms with Crippen LogP contribution in [0.5, 0.6) is 0 Å². The Kier molecular flexibility index (Phi) is 5.52. The van der Waals surface area contributed by atoms with Crippen molar-refractivity contribution in [1.82, 2.24) is 15.6 Å². The van der Waals surface area contributed by atoms with Gasteiger partial charge in [0.25, 0.3) is 0 Å². The van der Waals surface area contributed by atoms with Gasteiger partial charge in [0, 0.05) is 37.3 Å². The first kappa shape index (κ1) is 14.5. The molecule has 0 aliphatic heterocycles. The SMILES string of the molecule is COCCNC(=O)NCc1ccnc(-c2ccsc2)c1. The Balaban J connectivity index is 1.87. The second-order valence-electron chi connectivity index (χ2n) is 4.16. The van der Waals surface area contributed by atoms with Crippen LogP contribution in [0.4, 0.5) is 4.79 Å². The molecule has 0 radical (unpaired) electrons. The number of hydrogen-bond acceptors (Lipinski definition) is 4. The summed E-state index contributed by atoms with van der Waals surface area (Å²) in [5, 5.41) is 9.58. The first-order valence-electron chi connectivity index (χ1n) is 6.27. The molecule has 2 heterocycles. The lowest BCUT2D eigenvalue weighted by molar-refractivity contribution is 0.196.